The van der Waals surface area contributed by atoms with Crippen LogP contribution in [-0.4, -0.2) is 40.4 Å². The molecule has 1 N–H and O–H groups in total. The molecule has 0 aromatic carbocycles. The van der Waals surface area contributed by atoms with Gasteiger partial charge in [-0.1, -0.05) is 0 Å². The predicted molar refractivity (Wildman–Crippen MR) is 99.5 cm³/mol. The molecule has 0 bridgehead atoms. The zero-order valence-corrected chi connectivity index (χ0v) is 15.9. The number of thiophene rings is 1. The molecule has 3 rings (SSSR count). The summed E-state index contributed by atoms with van der Waals surface area (Å²) in [5, 5.41) is 4.81. The summed E-state index contributed by atoms with van der Waals surface area (Å²) in [6.07, 6.45) is 1.39. The monoisotopic (exact) mass is 364 g/mol. The molecule has 1 atom stereocenters. The number of hydrogen-bond donors (Lipinski definition) is 1. The molecule has 0 saturated carbocycles. The van der Waals surface area contributed by atoms with Crippen LogP contribution in [-0.2, 0) is 11.8 Å². The molecule has 0 aliphatic carbocycles. The van der Waals surface area contributed by atoms with E-state index in [1.165, 1.54) is 11.3 Å². The van der Waals surface area contributed by atoms with Gasteiger partial charge in [-0.2, -0.15) is 0 Å². The minimum atomic E-state index is -0.520. The number of nitrogens with zero attached hydrogens (tertiary/aromatic N) is 3. The topological polar surface area (TPSA) is 76.5 Å². The van der Waals surface area contributed by atoms with Crippen molar-refractivity contribution >= 4 is 33.6 Å². The van der Waals surface area contributed by atoms with Gasteiger partial charge in [0.25, 0.3) is 5.56 Å². The lowest BCUT2D eigenvalue weighted by atomic mass is 10.1. The second-order valence-corrected chi connectivity index (χ2v) is 8.26. The molecule has 3 heterocycles. The fourth-order valence-corrected chi connectivity index (χ4v) is 3.82. The summed E-state index contributed by atoms with van der Waals surface area (Å²) >= 11 is 1.41. The average Bonchev–Trinajstić information content (AvgIpc) is 2.97. The van der Waals surface area contributed by atoms with Gasteiger partial charge in [0.1, 0.15) is 10.3 Å². The van der Waals surface area contributed by atoms with Crippen molar-refractivity contribution in [1.82, 2.24) is 14.9 Å². The number of carbonyl (C=O) groups excluding carboxylic acids is 1. The zero-order chi connectivity index (χ0) is 18.2. The van der Waals surface area contributed by atoms with Crippen LogP contribution in [0.2, 0.25) is 0 Å². The summed E-state index contributed by atoms with van der Waals surface area (Å²) in [4.78, 5) is 31.2. The third kappa shape index (κ3) is 3.95. The maximum atomic E-state index is 12.5. The van der Waals surface area contributed by atoms with Crippen molar-refractivity contribution in [1.29, 1.82) is 0 Å². The summed E-state index contributed by atoms with van der Waals surface area (Å²) < 4.78 is 7.60. The van der Waals surface area contributed by atoms with Crippen LogP contribution in [0.5, 0.6) is 0 Å². The number of fused-ring (bicyclic) bond motifs is 1. The van der Waals surface area contributed by atoms with E-state index >= 15 is 0 Å². The first-order chi connectivity index (χ1) is 11.7. The van der Waals surface area contributed by atoms with E-state index in [9.17, 15) is 9.59 Å². The lowest BCUT2D eigenvalue weighted by Crippen LogP contribution is -2.50. The van der Waals surface area contributed by atoms with Crippen molar-refractivity contribution in [3.63, 3.8) is 0 Å². The average molecular weight is 364 g/mol. The molecule has 1 fully saturated rings. The number of amides is 1. The van der Waals surface area contributed by atoms with Crippen LogP contribution < -0.4 is 15.8 Å². The van der Waals surface area contributed by atoms with Crippen LogP contribution >= 0.6 is 11.3 Å². The van der Waals surface area contributed by atoms with Crippen molar-refractivity contribution < 1.29 is 9.53 Å². The summed E-state index contributed by atoms with van der Waals surface area (Å²) in [5.74, 6) is 0.645. The maximum absolute atomic E-state index is 12.5. The first-order valence-electron chi connectivity index (χ1n) is 8.43. The van der Waals surface area contributed by atoms with Crippen LogP contribution in [0.3, 0.4) is 0 Å². The Labute approximate surface area is 150 Å². The van der Waals surface area contributed by atoms with Crippen molar-refractivity contribution in [3.05, 3.63) is 21.8 Å². The number of piperidine rings is 1. The Bertz CT molecular complexity index is 837. The van der Waals surface area contributed by atoms with E-state index in [1.807, 2.05) is 32.2 Å². The molecule has 25 heavy (non-hydrogen) atoms. The maximum Gasteiger partial charge on any atom is 0.407 e. The number of aromatic nitrogens is 2. The quantitative estimate of drug-likeness (QED) is 0.886. The van der Waals surface area contributed by atoms with E-state index in [0.717, 1.165) is 24.9 Å². The van der Waals surface area contributed by atoms with Crippen LogP contribution in [0.4, 0.5) is 10.7 Å². The molecular weight excluding hydrogens is 340 g/mol. The van der Waals surface area contributed by atoms with Gasteiger partial charge in [-0.25, -0.2) is 9.78 Å². The van der Waals surface area contributed by atoms with Crippen LogP contribution in [0.25, 0.3) is 10.2 Å². The van der Waals surface area contributed by atoms with Crippen molar-refractivity contribution in [3.8, 4) is 0 Å². The van der Waals surface area contributed by atoms with E-state index in [4.69, 9.17) is 4.74 Å². The highest BCUT2D eigenvalue weighted by Gasteiger charge is 2.26. The standard InChI is InChI=1S/C17H24N4O3S/c1-17(2,3)24-16(23)18-11-6-5-8-21(10-11)15-19-12-7-9-25-13(12)14(22)20(15)4/h7,9,11H,5-6,8,10H2,1-4H3,(H,18,23). The van der Waals surface area contributed by atoms with E-state index in [0.29, 0.717) is 17.2 Å². The number of nitrogens with one attached hydrogen (secondary N) is 1. The minimum Gasteiger partial charge on any atom is -0.444 e. The predicted octanol–water partition coefficient (Wildman–Crippen LogP) is 2.49. The van der Waals surface area contributed by atoms with Gasteiger partial charge in [0.2, 0.25) is 5.95 Å². The lowest BCUT2D eigenvalue weighted by molar-refractivity contribution is 0.0500. The number of ether oxygens (including phenoxy) is 1. The summed E-state index contributed by atoms with van der Waals surface area (Å²) in [6, 6.07) is 1.84. The number of hydrogen-bond acceptors (Lipinski definition) is 6. The molecule has 136 valence electrons. The van der Waals surface area contributed by atoms with E-state index in [-0.39, 0.29) is 11.6 Å². The molecule has 0 spiro atoms. The van der Waals surface area contributed by atoms with Gasteiger partial charge in [-0.05, 0) is 45.1 Å². The Morgan fingerprint density at radius 2 is 2.20 bits per heavy atom. The van der Waals surface area contributed by atoms with Crippen molar-refractivity contribution in [2.24, 2.45) is 7.05 Å². The van der Waals surface area contributed by atoms with Crippen molar-refractivity contribution in [2.75, 3.05) is 18.0 Å². The Kier molecular flexibility index (Phi) is 4.73. The molecule has 1 unspecified atom stereocenters. The summed E-state index contributed by atoms with van der Waals surface area (Å²) in [7, 11) is 1.74. The highest BCUT2D eigenvalue weighted by Crippen LogP contribution is 2.21. The van der Waals surface area contributed by atoms with Gasteiger partial charge in [0, 0.05) is 26.2 Å². The third-order valence-corrected chi connectivity index (χ3v) is 4.98. The molecule has 0 radical (unpaired) electrons. The fourth-order valence-electron chi connectivity index (χ4n) is 3.01. The van der Waals surface area contributed by atoms with Gasteiger partial charge in [-0.3, -0.25) is 9.36 Å². The molecular formula is C17H24N4O3S. The largest absolute Gasteiger partial charge is 0.444 e. The van der Waals surface area contributed by atoms with Gasteiger partial charge in [-0.15, -0.1) is 11.3 Å². The normalized spacial score (nSPS) is 18.4. The Morgan fingerprint density at radius 1 is 1.44 bits per heavy atom. The smallest absolute Gasteiger partial charge is 0.407 e. The molecule has 1 amide bonds. The van der Waals surface area contributed by atoms with Crippen molar-refractivity contribution in [2.45, 2.75) is 45.3 Å². The summed E-state index contributed by atoms with van der Waals surface area (Å²) in [5.41, 5.74) is 0.177. The Hall–Kier alpha value is -2.09. The lowest BCUT2D eigenvalue weighted by Gasteiger charge is -2.34. The highest BCUT2D eigenvalue weighted by molar-refractivity contribution is 7.17. The van der Waals surface area contributed by atoms with Crippen LogP contribution in [0, 0.1) is 0 Å². The first-order valence-corrected chi connectivity index (χ1v) is 9.31. The molecule has 8 heteroatoms. The van der Waals surface area contributed by atoms with Crippen LogP contribution in [0.15, 0.2) is 16.2 Å². The van der Waals surface area contributed by atoms with Gasteiger partial charge in [0.15, 0.2) is 0 Å². The van der Waals surface area contributed by atoms with Gasteiger partial charge < -0.3 is 15.0 Å². The Balaban J connectivity index is 1.77. The number of carbonyl (C=O) groups is 1. The fraction of sp³-hybridized carbons (Fsp3) is 0.588. The van der Waals surface area contributed by atoms with E-state index in [2.05, 4.69) is 15.2 Å². The van der Waals surface area contributed by atoms with Crippen LogP contribution in [0.1, 0.15) is 33.6 Å². The molecule has 1 aliphatic heterocycles. The second kappa shape index (κ2) is 6.67. The first kappa shape index (κ1) is 17.7. The molecule has 1 saturated heterocycles. The number of anilines is 1. The molecule has 1 aliphatic rings. The zero-order valence-electron chi connectivity index (χ0n) is 15.0. The minimum absolute atomic E-state index is 0.0290. The molecule has 7 nitrogen and oxygen atoms in total. The van der Waals surface area contributed by atoms with Gasteiger partial charge >= 0.3 is 6.09 Å². The number of alkyl carbamates (subject to hydrolysis) is 1. The molecule has 2 aromatic heterocycles. The molecule has 2 aromatic rings. The Morgan fingerprint density at radius 3 is 2.92 bits per heavy atom. The highest BCUT2D eigenvalue weighted by atomic mass is 32.1. The summed E-state index contributed by atoms with van der Waals surface area (Å²) in [6.45, 7) is 6.94. The van der Waals surface area contributed by atoms with Gasteiger partial charge in [0.05, 0.1) is 5.52 Å². The second-order valence-electron chi connectivity index (χ2n) is 7.34. The SMILES string of the molecule is Cn1c(N2CCCC(NC(=O)OC(C)(C)C)C2)nc2ccsc2c1=O. The third-order valence-electron chi connectivity index (χ3n) is 4.09. The van der Waals surface area contributed by atoms with E-state index in [1.54, 1.807) is 11.6 Å². The number of rotatable bonds is 2. The van der Waals surface area contributed by atoms with E-state index < -0.39 is 11.7 Å².